The Labute approximate surface area is 124 Å². The Morgan fingerprint density at radius 1 is 1.35 bits per heavy atom. The Balaban J connectivity index is 1.99. The molecule has 0 amide bonds. The Hall–Kier alpha value is -0.873. The van der Waals surface area contributed by atoms with Gasteiger partial charge in [0.05, 0.1) is 12.6 Å². The van der Waals surface area contributed by atoms with Crippen molar-refractivity contribution in [2.45, 2.75) is 57.8 Å². The highest BCUT2D eigenvalue weighted by Gasteiger charge is 2.38. The van der Waals surface area contributed by atoms with Crippen molar-refractivity contribution in [2.75, 3.05) is 18.1 Å². The average molecular weight is 292 g/mol. The zero-order valence-electron chi connectivity index (χ0n) is 13.5. The number of anilines is 1. The van der Waals surface area contributed by atoms with E-state index >= 15 is 0 Å². The van der Waals surface area contributed by atoms with Crippen molar-refractivity contribution < 1.29 is 4.43 Å². The van der Waals surface area contributed by atoms with Crippen LogP contribution in [0.2, 0.25) is 18.1 Å². The fourth-order valence-electron chi connectivity index (χ4n) is 2.36. The van der Waals surface area contributed by atoms with Crippen molar-refractivity contribution in [3.8, 4) is 0 Å². The zero-order valence-corrected chi connectivity index (χ0v) is 14.5. The van der Waals surface area contributed by atoms with E-state index in [4.69, 9.17) is 4.43 Å². The van der Waals surface area contributed by atoms with Gasteiger partial charge >= 0.3 is 0 Å². The minimum Gasteiger partial charge on any atom is -0.415 e. The van der Waals surface area contributed by atoms with Crippen molar-refractivity contribution >= 4 is 14.1 Å². The monoisotopic (exact) mass is 292 g/mol. The van der Waals surface area contributed by atoms with Crippen molar-refractivity contribution in [1.82, 2.24) is 4.98 Å². The molecule has 1 saturated heterocycles. The summed E-state index contributed by atoms with van der Waals surface area (Å²) in [5.74, 6) is 1.09. The van der Waals surface area contributed by atoms with Crippen LogP contribution in [-0.2, 0) is 4.43 Å². The molecule has 0 saturated carbocycles. The van der Waals surface area contributed by atoms with Gasteiger partial charge in [-0.15, -0.1) is 0 Å². The fourth-order valence-corrected chi connectivity index (χ4v) is 3.40. The quantitative estimate of drug-likeness (QED) is 0.782. The summed E-state index contributed by atoms with van der Waals surface area (Å²) >= 11 is 0. The van der Waals surface area contributed by atoms with Crippen molar-refractivity contribution in [3.05, 3.63) is 24.4 Å². The van der Waals surface area contributed by atoms with Crippen LogP contribution in [0.25, 0.3) is 0 Å². The first-order valence-corrected chi connectivity index (χ1v) is 10.5. The van der Waals surface area contributed by atoms with E-state index in [0.717, 1.165) is 19.0 Å². The summed E-state index contributed by atoms with van der Waals surface area (Å²) in [5, 5.41) is 0.279. The average Bonchev–Trinajstić information content (AvgIpc) is 2.84. The van der Waals surface area contributed by atoms with E-state index in [1.165, 1.54) is 12.8 Å². The summed E-state index contributed by atoms with van der Waals surface area (Å²) in [4.78, 5) is 6.90. The lowest BCUT2D eigenvalue weighted by Gasteiger charge is -2.38. The van der Waals surface area contributed by atoms with Gasteiger partial charge in [-0.25, -0.2) is 4.98 Å². The molecule has 1 atom stereocenters. The van der Waals surface area contributed by atoms with E-state index in [-0.39, 0.29) is 5.04 Å². The summed E-state index contributed by atoms with van der Waals surface area (Å²) in [6.45, 7) is 13.5. The highest BCUT2D eigenvalue weighted by molar-refractivity contribution is 6.74. The predicted molar refractivity (Wildman–Crippen MR) is 87.8 cm³/mol. The Morgan fingerprint density at radius 3 is 2.70 bits per heavy atom. The van der Waals surface area contributed by atoms with E-state index in [0.29, 0.717) is 6.04 Å². The molecule has 0 bridgehead atoms. The van der Waals surface area contributed by atoms with Crippen molar-refractivity contribution in [2.24, 2.45) is 0 Å². The van der Waals surface area contributed by atoms with Gasteiger partial charge in [-0.05, 0) is 43.1 Å². The van der Waals surface area contributed by atoms with Gasteiger partial charge in [0.25, 0.3) is 0 Å². The predicted octanol–water partition coefficient (Wildman–Crippen LogP) is 4.07. The van der Waals surface area contributed by atoms with Crippen LogP contribution in [-0.4, -0.2) is 32.5 Å². The number of rotatable bonds is 4. The standard InChI is InChI=1S/C16H28N2OSi/c1-16(2,3)20(4,5)19-13-14-9-8-12-18(14)15-10-6-7-11-17-15/h6-7,10-11,14H,8-9,12-13H2,1-5H3/t14-/m1/s1. The number of pyridine rings is 1. The molecule has 1 aromatic rings. The normalized spacial score (nSPS) is 20.4. The van der Waals surface area contributed by atoms with Gasteiger partial charge in [-0.1, -0.05) is 26.8 Å². The molecule has 1 aliphatic heterocycles. The van der Waals surface area contributed by atoms with Crippen molar-refractivity contribution in [1.29, 1.82) is 0 Å². The molecule has 0 spiro atoms. The highest BCUT2D eigenvalue weighted by Crippen LogP contribution is 2.37. The topological polar surface area (TPSA) is 25.4 Å². The maximum atomic E-state index is 6.40. The van der Waals surface area contributed by atoms with Crippen molar-refractivity contribution in [3.63, 3.8) is 0 Å². The number of nitrogens with zero attached hydrogens (tertiary/aromatic N) is 2. The second kappa shape index (κ2) is 5.86. The number of aromatic nitrogens is 1. The molecule has 0 N–H and O–H groups in total. The lowest BCUT2D eigenvalue weighted by molar-refractivity contribution is 0.263. The third-order valence-electron chi connectivity index (χ3n) is 4.76. The van der Waals surface area contributed by atoms with E-state index in [1.807, 2.05) is 12.3 Å². The molecule has 1 aliphatic rings. The minimum absolute atomic E-state index is 0.279. The van der Waals surface area contributed by atoms with Gasteiger partial charge in [0.2, 0.25) is 0 Å². The minimum atomic E-state index is -1.65. The molecule has 2 rings (SSSR count). The van der Waals surface area contributed by atoms with Crippen LogP contribution in [0.15, 0.2) is 24.4 Å². The molecule has 20 heavy (non-hydrogen) atoms. The molecule has 1 fully saturated rings. The first kappa shape index (κ1) is 15.5. The molecule has 0 aliphatic carbocycles. The number of hydrogen-bond acceptors (Lipinski definition) is 3. The molecule has 4 heteroatoms. The van der Waals surface area contributed by atoms with Gasteiger partial charge in [0.1, 0.15) is 5.82 Å². The van der Waals surface area contributed by atoms with E-state index < -0.39 is 8.32 Å². The summed E-state index contributed by atoms with van der Waals surface area (Å²) in [7, 11) is -1.65. The Kier molecular flexibility index (Phi) is 4.54. The van der Waals surface area contributed by atoms with Crippen LogP contribution in [0.5, 0.6) is 0 Å². The SMILES string of the molecule is CC(C)(C)[Si](C)(C)OC[C@H]1CCCN1c1ccccn1. The molecule has 1 aromatic heterocycles. The molecule has 0 unspecified atom stereocenters. The van der Waals surface area contributed by atoms with Crippen LogP contribution in [0.3, 0.4) is 0 Å². The first-order chi connectivity index (χ1) is 9.31. The zero-order chi connectivity index (χ0) is 14.8. The van der Waals surface area contributed by atoms with E-state index in [2.05, 4.69) is 55.9 Å². The van der Waals surface area contributed by atoms with Gasteiger partial charge < -0.3 is 9.33 Å². The second-order valence-corrected chi connectivity index (χ2v) is 12.1. The summed E-state index contributed by atoms with van der Waals surface area (Å²) in [5.41, 5.74) is 0. The van der Waals surface area contributed by atoms with Gasteiger partial charge in [0, 0.05) is 12.7 Å². The molecular formula is C16H28N2OSi. The first-order valence-electron chi connectivity index (χ1n) is 7.63. The summed E-state index contributed by atoms with van der Waals surface area (Å²) < 4.78 is 6.40. The highest BCUT2D eigenvalue weighted by atomic mass is 28.4. The third kappa shape index (κ3) is 3.41. The third-order valence-corrected chi connectivity index (χ3v) is 9.26. The molecule has 0 radical (unpaired) electrons. The molecule has 0 aromatic carbocycles. The number of hydrogen-bond donors (Lipinski definition) is 0. The van der Waals surface area contributed by atoms with Gasteiger partial charge in [0.15, 0.2) is 8.32 Å². The second-order valence-electron chi connectivity index (χ2n) is 7.25. The molecule has 3 nitrogen and oxygen atoms in total. The Morgan fingerprint density at radius 2 is 2.10 bits per heavy atom. The van der Waals surface area contributed by atoms with Gasteiger partial charge in [-0.3, -0.25) is 0 Å². The van der Waals surface area contributed by atoms with Crippen LogP contribution >= 0.6 is 0 Å². The molecule has 2 heterocycles. The van der Waals surface area contributed by atoms with Crippen LogP contribution in [0.1, 0.15) is 33.6 Å². The van der Waals surface area contributed by atoms with E-state index in [1.54, 1.807) is 0 Å². The summed E-state index contributed by atoms with van der Waals surface area (Å²) in [6.07, 6.45) is 4.33. The molecule has 112 valence electrons. The smallest absolute Gasteiger partial charge is 0.192 e. The molecular weight excluding hydrogens is 264 g/mol. The van der Waals surface area contributed by atoms with Crippen LogP contribution < -0.4 is 4.90 Å². The van der Waals surface area contributed by atoms with E-state index in [9.17, 15) is 0 Å². The maximum Gasteiger partial charge on any atom is 0.192 e. The fraction of sp³-hybridized carbons (Fsp3) is 0.688. The van der Waals surface area contributed by atoms with Gasteiger partial charge in [-0.2, -0.15) is 0 Å². The largest absolute Gasteiger partial charge is 0.415 e. The Bertz CT molecular complexity index is 428. The van der Waals surface area contributed by atoms with Crippen LogP contribution in [0.4, 0.5) is 5.82 Å². The lowest BCUT2D eigenvalue weighted by Crippen LogP contribution is -2.45. The summed E-state index contributed by atoms with van der Waals surface area (Å²) in [6, 6.07) is 6.62. The van der Waals surface area contributed by atoms with Crippen LogP contribution in [0, 0.1) is 0 Å². The maximum absolute atomic E-state index is 6.40. The lowest BCUT2D eigenvalue weighted by atomic mass is 10.2.